The van der Waals surface area contributed by atoms with Crippen LogP contribution in [0.2, 0.25) is 0 Å². The van der Waals surface area contributed by atoms with Crippen molar-refractivity contribution in [1.82, 2.24) is 14.8 Å². The Hall–Kier alpha value is -4.01. The van der Waals surface area contributed by atoms with Crippen molar-refractivity contribution in [3.63, 3.8) is 0 Å². The Morgan fingerprint density at radius 2 is 1.71 bits per heavy atom. The third kappa shape index (κ3) is 6.65. The maximum absolute atomic E-state index is 13.6. The van der Waals surface area contributed by atoms with E-state index >= 15 is 0 Å². The molecule has 0 aliphatic heterocycles. The lowest BCUT2D eigenvalue weighted by Gasteiger charge is -2.27. The first-order valence-electron chi connectivity index (χ1n) is 12.6. The normalized spacial score (nSPS) is 11.6. The van der Waals surface area contributed by atoms with Gasteiger partial charge in [0.25, 0.3) is 5.91 Å². The van der Waals surface area contributed by atoms with Crippen molar-refractivity contribution in [1.29, 1.82) is 0 Å². The van der Waals surface area contributed by atoms with Gasteiger partial charge in [0.05, 0.1) is 11.8 Å². The first-order chi connectivity index (χ1) is 18.3. The van der Waals surface area contributed by atoms with Gasteiger partial charge in [-0.25, -0.2) is 0 Å². The lowest BCUT2D eigenvalue weighted by atomic mass is 10.1. The van der Waals surface area contributed by atoms with E-state index in [1.807, 2.05) is 37.4 Å². The van der Waals surface area contributed by atoms with Gasteiger partial charge in [0.1, 0.15) is 6.54 Å². The number of nitrogens with one attached hydrogen (secondary N) is 1. The Balaban J connectivity index is 1.54. The van der Waals surface area contributed by atoms with Crippen molar-refractivity contribution < 1.29 is 27.2 Å². The average molecular weight is 526 g/mol. The standard InChI is InChI=1S/C29H30F3N3O3/c1-2-3-15-35(28(37)26-9-6-17-38-26)20-27(36)34(19-21-10-12-23(13-11-21)29(30,31)32)16-14-22-18-33-25-8-5-4-7-24(22)25/h4-13,17-18,33H,2-3,14-16,19-20H2,1H3. The number of H-pyrrole nitrogens is 1. The highest BCUT2D eigenvalue weighted by molar-refractivity contribution is 5.94. The number of furan rings is 1. The summed E-state index contributed by atoms with van der Waals surface area (Å²) in [6.07, 6.45) is 0.970. The molecule has 2 aromatic carbocycles. The summed E-state index contributed by atoms with van der Waals surface area (Å²) in [5.74, 6) is -0.509. The number of carbonyl (C=O) groups excluding carboxylic acids is 2. The van der Waals surface area contributed by atoms with Crippen LogP contribution < -0.4 is 0 Å². The highest BCUT2D eigenvalue weighted by Gasteiger charge is 2.30. The molecule has 0 spiro atoms. The van der Waals surface area contributed by atoms with E-state index in [2.05, 4.69) is 4.98 Å². The molecule has 4 aromatic rings. The van der Waals surface area contributed by atoms with E-state index < -0.39 is 11.7 Å². The number of amides is 2. The number of hydrogen-bond acceptors (Lipinski definition) is 3. The van der Waals surface area contributed by atoms with Gasteiger partial charge in [0, 0.05) is 36.7 Å². The monoisotopic (exact) mass is 525 g/mol. The number of benzene rings is 2. The van der Waals surface area contributed by atoms with E-state index in [0.717, 1.165) is 35.0 Å². The number of halogens is 3. The predicted octanol–water partition coefficient (Wildman–Crippen LogP) is 6.29. The number of fused-ring (bicyclic) bond motifs is 1. The zero-order chi connectivity index (χ0) is 27.1. The van der Waals surface area contributed by atoms with Gasteiger partial charge in [0.2, 0.25) is 5.91 Å². The second kappa shape index (κ2) is 12.0. The van der Waals surface area contributed by atoms with Gasteiger partial charge < -0.3 is 19.2 Å². The molecule has 0 aliphatic carbocycles. The summed E-state index contributed by atoms with van der Waals surface area (Å²) in [5.41, 5.74) is 1.84. The van der Waals surface area contributed by atoms with Crippen LogP contribution in [0.25, 0.3) is 10.9 Å². The summed E-state index contributed by atoms with van der Waals surface area (Å²) in [6, 6.07) is 15.8. The number of carbonyl (C=O) groups is 2. The van der Waals surface area contributed by atoms with E-state index in [0.29, 0.717) is 31.5 Å². The number of rotatable bonds is 11. The van der Waals surface area contributed by atoms with Crippen molar-refractivity contribution in [2.75, 3.05) is 19.6 Å². The number of para-hydroxylation sites is 1. The van der Waals surface area contributed by atoms with E-state index in [9.17, 15) is 22.8 Å². The number of aromatic nitrogens is 1. The largest absolute Gasteiger partial charge is 0.459 e. The minimum atomic E-state index is -4.44. The second-order valence-electron chi connectivity index (χ2n) is 9.18. The Bertz CT molecular complexity index is 1340. The number of unbranched alkanes of at least 4 members (excludes halogenated alkanes) is 1. The Labute approximate surface area is 219 Å². The molecule has 0 radical (unpaired) electrons. The molecule has 2 aromatic heterocycles. The summed E-state index contributed by atoms with van der Waals surface area (Å²) < 4.78 is 44.4. The molecule has 0 unspecified atom stereocenters. The van der Waals surface area contributed by atoms with Crippen LogP contribution >= 0.6 is 0 Å². The molecule has 2 heterocycles. The molecule has 4 rings (SSSR count). The van der Waals surface area contributed by atoms with Gasteiger partial charge in [-0.1, -0.05) is 43.7 Å². The summed E-state index contributed by atoms with van der Waals surface area (Å²) in [4.78, 5) is 32.8. The molecule has 0 aliphatic rings. The molecule has 2 amide bonds. The second-order valence-corrected chi connectivity index (χ2v) is 9.18. The molecule has 0 bridgehead atoms. The zero-order valence-corrected chi connectivity index (χ0v) is 21.1. The maximum atomic E-state index is 13.6. The highest BCUT2D eigenvalue weighted by atomic mass is 19.4. The van der Waals surface area contributed by atoms with Crippen LogP contribution in [0.3, 0.4) is 0 Å². The fraction of sp³-hybridized carbons (Fsp3) is 0.310. The number of hydrogen-bond donors (Lipinski definition) is 1. The van der Waals surface area contributed by atoms with E-state index in [1.54, 1.807) is 17.0 Å². The van der Waals surface area contributed by atoms with Gasteiger partial charge in [0.15, 0.2) is 5.76 Å². The van der Waals surface area contributed by atoms with Crippen molar-refractivity contribution in [3.8, 4) is 0 Å². The number of aromatic amines is 1. The third-order valence-corrected chi connectivity index (χ3v) is 6.46. The minimum Gasteiger partial charge on any atom is -0.459 e. The molecular formula is C29H30F3N3O3. The fourth-order valence-corrected chi connectivity index (χ4v) is 4.33. The molecule has 6 nitrogen and oxygen atoms in total. The van der Waals surface area contributed by atoms with Gasteiger partial charge in [-0.3, -0.25) is 9.59 Å². The van der Waals surface area contributed by atoms with Crippen LogP contribution in [0.1, 0.15) is 47.0 Å². The lowest BCUT2D eigenvalue weighted by Crippen LogP contribution is -2.43. The Kier molecular flexibility index (Phi) is 8.55. The van der Waals surface area contributed by atoms with Gasteiger partial charge >= 0.3 is 6.18 Å². The van der Waals surface area contributed by atoms with Crippen molar-refractivity contribution in [2.24, 2.45) is 0 Å². The lowest BCUT2D eigenvalue weighted by molar-refractivity contribution is -0.137. The van der Waals surface area contributed by atoms with E-state index in [-0.39, 0.29) is 30.7 Å². The van der Waals surface area contributed by atoms with Crippen molar-refractivity contribution in [2.45, 2.75) is 38.9 Å². The number of nitrogens with zero attached hydrogens (tertiary/aromatic N) is 2. The molecule has 0 fully saturated rings. The van der Waals surface area contributed by atoms with Crippen LogP contribution in [0, 0.1) is 0 Å². The van der Waals surface area contributed by atoms with E-state index in [1.165, 1.54) is 23.3 Å². The van der Waals surface area contributed by atoms with Crippen LogP contribution in [-0.2, 0) is 23.9 Å². The molecule has 200 valence electrons. The van der Waals surface area contributed by atoms with Crippen molar-refractivity contribution in [3.05, 3.63) is 95.6 Å². The van der Waals surface area contributed by atoms with Gasteiger partial charge in [-0.15, -0.1) is 0 Å². The van der Waals surface area contributed by atoms with Crippen LogP contribution in [0.4, 0.5) is 13.2 Å². The maximum Gasteiger partial charge on any atom is 0.416 e. The quantitative estimate of drug-likeness (QED) is 0.250. The molecule has 38 heavy (non-hydrogen) atoms. The van der Waals surface area contributed by atoms with Crippen molar-refractivity contribution >= 4 is 22.7 Å². The molecule has 1 N–H and O–H groups in total. The summed E-state index contributed by atoms with van der Waals surface area (Å²) in [7, 11) is 0. The molecule has 0 saturated carbocycles. The van der Waals surface area contributed by atoms with Gasteiger partial charge in [-0.2, -0.15) is 13.2 Å². The minimum absolute atomic E-state index is 0.121. The Morgan fingerprint density at radius 3 is 2.39 bits per heavy atom. The number of alkyl halides is 3. The summed E-state index contributed by atoms with van der Waals surface area (Å²) >= 11 is 0. The molecule has 0 saturated heterocycles. The highest BCUT2D eigenvalue weighted by Crippen LogP contribution is 2.29. The van der Waals surface area contributed by atoms with E-state index in [4.69, 9.17) is 4.42 Å². The topological polar surface area (TPSA) is 69.6 Å². The van der Waals surface area contributed by atoms with Crippen LogP contribution in [-0.4, -0.2) is 46.2 Å². The third-order valence-electron chi connectivity index (χ3n) is 6.46. The average Bonchev–Trinajstić information content (AvgIpc) is 3.59. The SMILES string of the molecule is CCCCN(CC(=O)N(CCc1c[nH]c2ccccc12)Cc1ccc(C(F)(F)F)cc1)C(=O)c1ccco1. The molecule has 9 heteroatoms. The summed E-state index contributed by atoms with van der Waals surface area (Å²) in [5, 5.41) is 1.05. The predicted molar refractivity (Wildman–Crippen MR) is 138 cm³/mol. The molecular weight excluding hydrogens is 495 g/mol. The van der Waals surface area contributed by atoms with Crippen LogP contribution in [0.15, 0.2) is 77.5 Å². The van der Waals surface area contributed by atoms with Gasteiger partial charge in [-0.05, 0) is 54.3 Å². The molecule has 0 atom stereocenters. The first-order valence-corrected chi connectivity index (χ1v) is 12.6. The van der Waals surface area contributed by atoms with Crippen LogP contribution in [0.5, 0.6) is 0 Å². The summed E-state index contributed by atoms with van der Waals surface area (Å²) in [6.45, 7) is 2.68. The fourth-order valence-electron chi connectivity index (χ4n) is 4.33. The zero-order valence-electron chi connectivity index (χ0n) is 21.1. The first kappa shape index (κ1) is 27.0. The Morgan fingerprint density at radius 1 is 0.947 bits per heavy atom. The smallest absolute Gasteiger partial charge is 0.416 e.